The molecule has 0 saturated heterocycles. The van der Waals surface area contributed by atoms with E-state index in [-0.39, 0.29) is 23.0 Å². The molecule has 0 unspecified atom stereocenters. The van der Waals surface area contributed by atoms with E-state index in [0.717, 1.165) is 7.05 Å². The number of rotatable bonds is 6. The maximum Gasteiger partial charge on any atom is 0.301 e. The van der Waals surface area contributed by atoms with Gasteiger partial charge in [0.1, 0.15) is 12.4 Å². The summed E-state index contributed by atoms with van der Waals surface area (Å²) in [4.78, 5) is 0. The predicted octanol–water partition coefficient (Wildman–Crippen LogP) is 1.52. The molecule has 0 spiro atoms. The van der Waals surface area contributed by atoms with Crippen LogP contribution < -0.4 is 9.46 Å². The van der Waals surface area contributed by atoms with Crippen LogP contribution in [-0.4, -0.2) is 38.3 Å². The van der Waals surface area contributed by atoms with Gasteiger partial charge in [0.2, 0.25) is 0 Å². The molecular formula is C13H22N2O4S. The highest BCUT2D eigenvalue weighted by Crippen LogP contribution is 2.24. The van der Waals surface area contributed by atoms with Gasteiger partial charge in [-0.1, -0.05) is 37.4 Å². The molecule has 6 nitrogen and oxygen atoms in total. The lowest BCUT2D eigenvalue weighted by Gasteiger charge is -2.19. The predicted molar refractivity (Wildman–Crippen MR) is 77.1 cm³/mol. The normalized spacial score (nSPS) is 12.7. The zero-order valence-electron chi connectivity index (χ0n) is 12.3. The molecule has 1 aromatic carbocycles. The van der Waals surface area contributed by atoms with E-state index in [0.29, 0.717) is 5.75 Å². The van der Waals surface area contributed by atoms with Crippen molar-refractivity contribution in [3.63, 3.8) is 0 Å². The highest BCUT2D eigenvalue weighted by atomic mass is 32.2. The SMILES string of the molecule is CN(O)S(=O)(=O)NCCOc1ccc(C(C)(C)C)cc1. The summed E-state index contributed by atoms with van der Waals surface area (Å²) in [6.07, 6.45) is 0. The van der Waals surface area contributed by atoms with Crippen LogP contribution >= 0.6 is 0 Å². The van der Waals surface area contributed by atoms with Crippen LogP contribution in [0.2, 0.25) is 0 Å². The zero-order chi connectivity index (χ0) is 15.4. The van der Waals surface area contributed by atoms with Crippen LogP contribution in [0.5, 0.6) is 5.75 Å². The molecule has 0 bridgehead atoms. The van der Waals surface area contributed by atoms with E-state index >= 15 is 0 Å². The average Bonchev–Trinajstić information content (AvgIpc) is 2.34. The Hall–Kier alpha value is -1.15. The molecule has 0 saturated carbocycles. The van der Waals surface area contributed by atoms with Crippen molar-refractivity contribution in [3.8, 4) is 5.75 Å². The average molecular weight is 302 g/mol. The first kappa shape index (κ1) is 16.9. The lowest BCUT2D eigenvalue weighted by molar-refractivity contribution is 0.0292. The van der Waals surface area contributed by atoms with Crippen LogP contribution in [0.25, 0.3) is 0 Å². The quantitative estimate of drug-likeness (QED) is 0.617. The van der Waals surface area contributed by atoms with Crippen LogP contribution in [0, 0.1) is 0 Å². The Bertz CT molecular complexity index is 518. The summed E-state index contributed by atoms with van der Waals surface area (Å²) < 4.78 is 30.2. The molecule has 2 N–H and O–H groups in total. The van der Waals surface area contributed by atoms with E-state index in [2.05, 4.69) is 25.5 Å². The van der Waals surface area contributed by atoms with Crippen molar-refractivity contribution >= 4 is 10.2 Å². The Labute approximate surface area is 120 Å². The van der Waals surface area contributed by atoms with Crippen molar-refractivity contribution < 1.29 is 18.4 Å². The monoisotopic (exact) mass is 302 g/mol. The summed E-state index contributed by atoms with van der Waals surface area (Å²) in [5, 5.41) is 8.85. The van der Waals surface area contributed by atoms with Crippen LogP contribution in [-0.2, 0) is 15.6 Å². The Morgan fingerprint density at radius 3 is 2.25 bits per heavy atom. The second-order valence-electron chi connectivity index (χ2n) is 5.46. The van der Waals surface area contributed by atoms with Crippen molar-refractivity contribution in [1.29, 1.82) is 0 Å². The standard InChI is InChI=1S/C13H22N2O4S/c1-13(2,3)11-5-7-12(8-6-11)19-10-9-14-20(17,18)15(4)16/h5-8,14,16H,9-10H2,1-4H3. The summed E-state index contributed by atoms with van der Waals surface area (Å²) in [5.41, 5.74) is 1.28. The molecular weight excluding hydrogens is 280 g/mol. The molecule has 0 aromatic heterocycles. The topological polar surface area (TPSA) is 78.9 Å². The molecule has 0 fully saturated rings. The molecule has 1 rings (SSSR count). The van der Waals surface area contributed by atoms with Crippen LogP contribution in [0.3, 0.4) is 0 Å². The first-order valence-corrected chi connectivity index (χ1v) is 7.73. The van der Waals surface area contributed by atoms with Crippen LogP contribution in [0.15, 0.2) is 24.3 Å². The van der Waals surface area contributed by atoms with Gasteiger partial charge >= 0.3 is 10.2 Å². The molecule has 0 aliphatic carbocycles. The Morgan fingerprint density at radius 1 is 1.25 bits per heavy atom. The third kappa shape index (κ3) is 5.09. The molecule has 0 aliphatic heterocycles. The van der Waals surface area contributed by atoms with Gasteiger partial charge in [-0.25, -0.2) is 0 Å². The number of nitrogens with one attached hydrogen (secondary N) is 1. The molecule has 0 heterocycles. The minimum Gasteiger partial charge on any atom is -0.492 e. The van der Waals surface area contributed by atoms with E-state index < -0.39 is 10.2 Å². The maximum absolute atomic E-state index is 11.2. The molecule has 0 radical (unpaired) electrons. The molecule has 7 heteroatoms. The third-order valence-electron chi connectivity index (χ3n) is 2.72. The Balaban J connectivity index is 2.44. The van der Waals surface area contributed by atoms with Crippen molar-refractivity contribution in [2.75, 3.05) is 20.2 Å². The van der Waals surface area contributed by atoms with Gasteiger partial charge in [-0.2, -0.15) is 13.1 Å². The van der Waals surface area contributed by atoms with E-state index in [4.69, 9.17) is 9.94 Å². The summed E-state index contributed by atoms with van der Waals surface area (Å²) in [6.45, 7) is 6.64. The number of ether oxygens (including phenoxy) is 1. The largest absolute Gasteiger partial charge is 0.492 e. The second kappa shape index (κ2) is 6.53. The first-order chi connectivity index (χ1) is 9.13. The molecule has 114 valence electrons. The lowest BCUT2D eigenvalue weighted by atomic mass is 9.87. The third-order valence-corrected chi connectivity index (χ3v) is 3.99. The van der Waals surface area contributed by atoms with Gasteiger partial charge < -0.3 is 4.74 Å². The van der Waals surface area contributed by atoms with Gasteiger partial charge in [0.15, 0.2) is 0 Å². The summed E-state index contributed by atoms with van der Waals surface area (Å²) in [5.74, 6) is 0.676. The zero-order valence-corrected chi connectivity index (χ0v) is 13.1. The maximum atomic E-state index is 11.2. The molecule has 0 aliphatic rings. The van der Waals surface area contributed by atoms with E-state index in [1.165, 1.54) is 5.56 Å². The van der Waals surface area contributed by atoms with E-state index in [9.17, 15) is 8.42 Å². The molecule has 1 aromatic rings. The lowest BCUT2D eigenvalue weighted by Crippen LogP contribution is -2.38. The van der Waals surface area contributed by atoms with Crippen LogP contribution in [0.4, 0.5) is 0 Å². The van der Waals surface area contributed by atoms with Gasteiger partial charge in [0.05, 0.1) is 0 Å². The fraction of sp³-hybridized carbons (Fsp3) is 0.538. The van der Waals surface area contributed by atoms with Gasteiger partial charge in [0, 0.05) is 13.6 Å². The summed E-state index contributed by atoms with van der Waals surface area (Å²) in [6, 6.07) is 7.68. The highest BCUT2D eigenvalue weighted by molar-refractivity contribution is 7.86. The van der Waals surface area contributed by atoms with Crippen molar-refractivity contribution in [3.05, 3.63) is 29.8 Å². The number of hydrogen-bond donors (Lipinski definition) is 2. The number of benzene rings is 1. The van der Waals surface area contributed by atoms with Gasteiger partial charge in [-0.05, 0) is 23.1 Å². The molecule has 0 atom stereocenters. The fourth-order valence-electron chi connectivity index (χ4n) is 1.48. The summed E-state index contributed by atoms with van der Waals surface area (Å²) >= 11 is 0. The van der Waals surface area contributed by atoms with Gasteiger partial charge in [-0.3, -0.25) is 5.21 Å². The fourth-order valence-corrected chi connectivity index (χ4v) is 2.01. The van der Waals surface area contributed by atoms with Crippen molar-refractivity contribution in [2.45, 2.75) is 26.2 Å². The minimum absolute atomic E-state index is 0.0776. The van der Waals surface area contributed by atoms with Gasteiger partial charge in [0.25, 0.3) is 0 Å². The highest BCUT2D eigenvalue weighted by Gasteiger charge is 2.14. The summed E-state index contributed by atoms with van der Waals surface area (Å²) in [7, 11) is -2.78. The van der Waals surface area contributed by atoms with Gasteiger partial charge in [-0.15, -0.1) is 0 Å². The smallest absolute Gasteiger partial charge is 0.301 e. The second-order valence-corrected chi connectivity index (χ2v) is 7.22. The van der Waals surface area contributed by atoms with E-state index in [1.807, 2.05) is 24.3 Å². The minimum atomic E-state index is -3.82. The Kier molecular flexibility index (Phi) is 5.52. The van der Waals surface area contributed by atoms with Crippen LogP contribution in [0.1, 0.15) is 26.3 Å². The molecule has 0 amide bonds. The Morgan fingerprint density at radius 2 is 1.80 bits per heavy atom. The number of hydrogen-bond acceptors (Lipinski definition) is 4. The number of nitrogens with zero attached hydrogens (tertiary/aromatic N) is 1. The van der Waals surface area contributed by atoms with E-state index in [1.54, 1.807) is 0 Å². The molecule has 20 heavy (non-hydrogen) atoms. The van der Waals surface area contributed by atoms with Crippen molar-refractivity contribution in [1.82, 2.24) is 9.19 Å². The number of hydroxylamine groups is 1. The first-order valence-electron chi connectivity index (χ1n) is 6.28. The van der Waals surface area contributed by atoms with Crippen molar-refractivity contribution in [2.24, 2.45) is 0 Å².